The van der Waals surface area contributed by atoms with Crippen LogP contribution in [0.2, 0.25) is 0 Å². The molecular formula is C22H18N4O3. The van der Waals surface area contributed by atoms with E-state index >= 15 is 0 Å². The van der Waals surface area contributed by atoms with Gasteiger partial charge in [-0.05, 0) is 36.4 Å². The van der Waals surface area contributed by atoms with Gasteiger partial charge in [0, 0.05) is 36.1 Å². The first kappa shape index (κ1) is 17.2. The number of aromatic nitrogens is 3. The summed E-state index contributed by atoms with van der Waals surface area (Å²) in [6, 6.07) is 16.5. The van der Waals surface area contributed by atoms with Crippen molar-refractivity contribution >= 4 is 22.8 Å². The highest BCUT2D eigenvalue weighted by Gasteiger charge is 2.15. The summed E-state index contributed by atoms with van der Waals surface area (Å²) in [5, 5.41) is 2.91. The summed E-state index contributed by atoms with van der Waals surface area (Å²) in [5.74, 6) is 1.87. The molecule has 0 aliphatic carbocycles. The third kappa shape index (κ3) is 3.16. The molecule has 0 radical (unpaired) electrons. The Hall–Kier alpha value is -3.87. The number of imidazole rings is 1. The van der Waals surface area contributed by atoms with E-state index in [9.17, 15) is 4.79 Å². The fourth-order valence-corrected chi connectivity index (χ4v) is 3.41. The zero-order valence-corrected chi connectivity index (χ0v) is 15.8. The number of amides is 1. The van der Waals surface area contributed by atoms with Gasteiger partial charge in [0.15, 0.2) is 17.1 Å². The van der Waals surface area contributed by atoms with Gasteiger partial charge in [0.05, 0.1) is 0 Å². The smallest absolute Gasteiger partial charge is 0.255 e. The van der Waals surface area contributed by atoms with Crippen LogP contribution in [0, 0.1) is 0 Å². The maximum Gasteiger partial charge on any atom is 0.255 e. The van der Waals surface area contributed by atoms with Crippen LogP contribution in [0.3, 0.4) is 0 Å². The Labute approximate surface area is 166 Å². The summed E-state index contributed by atoms with van der Waals surface area (Å²) < 4.78 is 13.0. The van der Waals surface area contributed by atoms with Gasteiger partial charge >= 0.3 is 0 Å². The van der Waals surface area contributed by atoms with E-state index in [0.717, 1.165) is 22.6 Å². The summed E-state index contributed by atoms with van der Waals surface area (Å²) in [7, 11) is 1.92. The highest BCUT2D eigenvalue weighted by Crippen LogP contribution is 2.33. The second kappa shape index (κ2) is 6.94. The fraction of sp³-hybridized carbons (Fsp3) is 0.136. The number of anilines is 1. The second-order valence-corrected chi connectivity index (χ2v) is 6.73. The van der Waals surface area contributed by atoms with Crippen molar-refractivity contribution in [1.82, 2.24) is 14.5 Å². The summed E-state index contributed by atoms with van der Waals surface area (Å²) in [6.45, 7) is 1.03. The lowest BCUT2D eigenvalue weighted by atomic mass is 10.1. The lowest BCUT2D eigenvalue weighted by Gasteiger charge is -2.19. The number of carbonyl (C=O) groups excluding carboxylic acids is 1. The van der Waals surface area contributed by atoms with Gasteiger partial charge in [-0.3, -0.25) is 4.79 Å². The fourth-order valence-electron chi connectivity index (χ4n) is 3.41. The standard InChI is InChI=1S/C22H18N4O3/c1-26-20(25-17-6-3-9-23-21(17)26)14-4-2-5-15(12-14)22(27)24-16-7-8-18-19(13-16)29-11-10-28-18/h2-9,12-13H,10-11H2,1H3,(H,24,27). The first-order valence-electron chi connectivity index (χ1n) is 9.28. The van der Waals surface area contributed by atoms with Crippen molar-refractivity contribution in [2.24, 2.45) is 7.05 Å². The number of carbonyl (C=O) groups is 1. The third-order valence-electron chi connectivity index (χ3n) is 4.81. The van der Waals surface area contributed by atoms with E-state index in [2.05, 4.69) is 15.3 Å². The number of nitrogens with zero attached hydrogens (tertiary/aromatic N) is 3. The molecule has 0 fully saturated rings. The van der Waals surface area contributed by atoms with Gasteiger partial charge in [0.1, 0.15) is 24.6 Å². The van der Waals surface area contributed by atoms with Gasteiger partial charge in [0.2, 0.25) is 0 Å². The van der Waals surface area contributed by atoms with Crippen molar-refractivity contribution in [1.29, 1.82) is 0 Å². The summed E-state index contributed by atoms with van der Waals surface area (Å²) in [6.07, 6.45) is 1.74. The van der Waals surface area contributed by atoms with Gasteiger partial charge in [-0.2, -0.15) is 0 Å². The average molecular weight is 386 g/mol. The van der Waals surface area contributed by atoms with Crippen molar-refractivity contribution < 1.29 is 14.3 Å². The van der Waals surface area contributed by atoms with Crippen molar-refractivity contribution in [2.75, 3.05) is 18.5 Å². The average Bonchev–Trinajstić information content (AvgIpc) is 3.10. The Kier molecular flexibility index (Phi) is 4.13. The minimum Gasteiger partial charge on any atom is -0.486 e. The molecule has 3 heterocycles. The second-order valence-electron chi connectivity index (χ2n) is 6.73. The third-order valence-corrected chi connectivity index (χ3v) is 4.81. The van der Waals surface area contributed by atoms with Gasteiger partial charge in [0.25, 0.3) is 5.91 Å². The number of fused-ring (bicyclic) bond motifs is 2. The van der Waals surface area contributed by atoms with E-state index < -0.39 is 0 Å². The Balaban J connectivity index is 1.43. The van der Waals surface area contributed by atoms with E-state index in [1.165, 1.54) is 0 Å². The molecule has 0 saturated carbocycles. The Bertz CT molecular complexity index is 1230. The SMILES string of the molecule is Cn1c(-c2cccc(C(=O)Nc3ccc4c(c3)OCCO4)c2)nc2cccnc21. The Morgan fingerprint density at radius 2 is 1.90 bits per heavy atom. The molecule has 7 heteroatoms. The predicted octanol–water partition coefficient (Wildman–Crippen LogP) is 3.66. The maximum atomic E-state index is 12.8. The molecule has 1 amide bonds. The molecule has 0 saturated heterocycles. The molecule has 2 aromatic carbocycles. The number of aryl methyl sites for hydroxylation is 1. The maximum absolute atomic E-state index is 12.8. The van der Waals surface area contributed by atoms with E-state index in [0.29, 0.717) is 36.0 Å². The topological polar surface area (TPSA) is 78.3 Å². The summed E-state index contributed by atoms with van der Waals surface area (Å²) in [4.78, 5) is 21.8. The molecule has 1 aliphatic heterocycles. The van der Waals surface area contributed by atoms with Crippen molar-refractivity contribution in [3.05, 3.63) is 66.4 Å². The minimum absolute atomic E-state index is 0.208. The number of hydrogen-bond acceptors (Lipinski definition) is 5. The van der Waals surface area contributed by atoms with Crippen molar-refractivity contribution in [3.8, 4) is 22.9 Å². The van der Waals surface area contributed by atoms with Crippen LogP contribution in [0.25, 0.3) is 22.6 Å². The lowest BCUT2D eigenvalue weighted by molar-refractivity contribution is 0.102. The molecule has 0 bridgehead atoms. The summed E-state index contributed by atoms with van der Waals surface area (Å²) >= 11 is 0. The van der Waals surface area contributed by atoms with Crippen LogP contribution >= 0.6 is 0 Å². The first-order valence-corrected chi connectivity index (χ1v) is 9.28. The van der Waals surface area contributed by atoms with E-state index in [1.54, 1.807) is 30.5 Å². The zero-order valence-electron chi connectivity index (χ0n) is 15.8. The predicted molar refractivity (Wildman–Crippen MR) is 109 cm³/mol. The van der Waals surface area contributed by atoms with E-state index in [4.69, 9.17) is 9.47 Å². The largest absolute Gasteiger partial charge is 0.486 e. The van der Waals surface area contributed by atoms with Crippen molar-refractivity contribution in [3.63, 3.8) is 0 Å². The van der Waals surface area contributed by atoms with Gasteiger partial charge in [-0.15, -0.1) is 0 Å². The minimum atomic E-state index is -0.208. The Morgan fingerprint density at radius 3 is 2.76 bits per heavy atom. The van der Waals surface area contributed by atoms with Crippen LogP contribution in [0.15, 0.2) is 60.8 Å². The van der Waals surface area contributed by atoms with Gasteiger partial charge in [-0.1, -0.05) is 12.1 Å². The highest BCUT2D eigenvalue weighted by atomic mass is 16.6. The molecular weight excluding hydrogens is 368 g/mol. The normalized spacial score (nSPS) is 12.7. The molecule has 5 rings (SSSR count). The molecule has 0 atom stereocenters. The number of nitrogens with one attached hydrogen (secondary N) is 1. The monoisotopic (exact) mass is 386 g/mol. The lowest BCUT2D eigenvalue weighted by Crippen LogP contribution is -2.16. The number of rotatable bonds is 3. The number of pyridine rings is 1. The molecule has 1 N–H and O–H groups in total. The van der Waals surface area contributed by atoms with Crippen LogP contribution in [-0.2, 0) is 7.05 Å². The quantitative estimate of drug-likeness (QED) is 0.581. The molecule has 0 spiro atoms. The number of ether oxygens (including phenoxy) is 2. The van der Waals surface area contributed by atoms with E-state index in [-0.39, 0.29) is 5.91 Å². The van der Waals surface area contributed by atoms with Crippen LogP contribution in [0.4, 0.5) is 5.69 Å². The van der Waals surface area contributed by atoms with Crippen LogP contribution in [-0.4, -0.2) is 33.7 Å². The van der Waals surface area contributed by atoms with Crippen LogP contribution in [0.1, 0.15) is 10.4 Å². The van der Waals surface area contributed by atoms with Gasteiger partial charge in [-0.25, -0.2) is 9.97 Å². The zero-order chi connectivity index (χ0) is 19.8. The number of benzene rings is 2. The van der Waals surface area contributed by atoms with Crippen LogP contribution in [0.5, 0.6) is 11.5 Å². The van der Waals surface area contributed by atoms with E-state index in [1.807, 2.05) is 41.9 Å². The van der Waals surface area contributed by atoms with Crippen molar-refractivity contribution in [2.45, 2.75) is 0 Å². The Morgan fingerprint density at radius 1 is 1.03 bits per heavy atom. The molecule has 29 heavy (non-hydrogen) atoms. The summed E-state index contributed by atoms with van der Waals surface area (Å²) in [5.41, 5.74) is 3.65. The molecule has 7 nitrogen and oxygen atoms in total. The highest BCUT2D eigenvalue weighted by molar-refractivity contribution is 6.05. The molecule has 0 unspecified atom stereocenters. The van der Waals surface area contributed by atoms with Crippen LogP contribution < -0.4 is 14.8 Å². The molecule has 2 aromatic heterocycles. The molecule has 144 valence electrons. The van der Waals surface area contributed by atoms with Gasteiger partial charge < -0.3 is 19.4 Å². The molecule has 4 aromatic rings. The molecule has 1 aliphatic rings. The number of hydrogen-bond donors (Lipinski definition) is 1. The first-order chi connectivity index (χ1) is 14.2.